The van der Waals surface area contributed by atoms with E-state index in [1.54, 1.807) is 0 Å². The van der Waals surface area contributed by atoms with Crippen molar-refractivity contribution in [3.63, 3.8) is 0 Å². The van der Waals surface area contributed by atoms with Crippen LogP contribution >= 0.6 is 0 Å². The van der Waals surface area contributed by atoms with Crippen molar-refractivity contribution < 1.29 is 0 Å². The van der Waals surface area contributed by atoms with E-state index in [1.165, 1.54) is 71.0 Å². The molecule has 3 heteroatoms. The van der Waals surface area contributed by atoms with Crippen molar-refractivity contribution in [1.82, 2.24) is 10.2 Å². The van der Waals surface area contributed by atoms with Crippen LogP contribution in [0.1, 0.15) is 64.7 Å². The molecule has 2 unspecified atom stereocenters. The van der Waals surface area contributed by atoms with Crippen LogP contribution in [0.5, 0.6) is 0 Å². The molecule has 21 heavy (non-hydrogen) atoms. The molecular weight excluding hydrogens is 258 g/mol. The summed E-state index contributed by atoms with van der Waals surface area (Å²) in [6.07, 6.45) is 11.4. The second-order valence-corrected chi connectivity index (χ2v) is 7.62. The first-order valence-corrected chi connectivity index (χ1v) is 9.17. The minimum Gasteiger partial charge on any atom is -0.303 e. The summed E-state index contributed by atoms with van der Waals surface area (Å²) < 4.78 is 0. The molecule has 3 fully saturated rings. The van der Waals surface area contributed by atoms with Gasteiger partial charge in [-0.25, -0.2) is 0 Å². The zero-order valence-corrected chi connectivity index (χ0v) is 13.6. The van der Waals surface area contributed by atoms with Crippen molar-refractivity contribution in [2.24, 2.45) is 11.8 Å². The Bertz CT molecular complexity index is 380. The summed E-state index contributed by atoms with van der Waals surface area (Å²) in [6, 6.07) is 3.32. The van der Waals surface area contributed by atoms with Gasteiger partial charge in [-0.15, -0.1) is 0 Å². The predicted octanol–water partition coefficient (Wildman–Crippen LogP) is 3.31. The van der Waals surface area contributed by atoms with E-state index >= 15 is 0 Å². The highest BCUT2D eigenvalue weighted by Crippen LogP contribution is 2.40. The minimum absolute atomic E-state index is 0.196. The molecule has 0 aromatic rings. The van der Waals surface area contributed by atoms with Crippen molar-refractivity contribution >= 4 is 0 Å². The molecule has 0 amide bonds. The smallest absolute Gasteiger partial charge is 0.109 e. The van der Waals surface area contributed by atoms with Crippen molar-refractivity contribution in [1.29, 1.82) is 5.26 Å². The third-order valence-corrected chi connectivity index (χ3v) is 5.61. The van der Waals surface area contributed by atoms with Gasteiger partial charge in [0.1, 0.15) is 5.54 Å². The Balaban J connectivity index is 1.52. The third kappa shape index (κ3) is 3.99. The van der Waals surface area contributed by atoms with Crippen LogP contribution in [0.15, 0.2) is 0 Å². The third-order valence-electron chi connectivity index (χ3n) is 5.61. The van der Waals surface area contributed by atoms with E-state index in [0.717, 1.165) is 12.3 Å². The first-order chi connectivity index (χ1) is 10.3. The average molecular weight is 289 g/mol. The predicted molar refractivity (Wildman–Crippen MR) is 85.9 cm³/mol. The normalized spacial score (nSPS) is 32.5. The standard InChI is InChI=1S/C18H31N3/c1-2-11-21(13-15-5-6-15)12-9-16-4-3-10-18(16,14-19)20-17-7-8-17/h15-17,20H,2-13H2,1H3. The molecule has 3 aliphatic rings. The quantitative estimate of drug-likeness (QED) is 0.708. The van der Waals surface area contributed by atoms with Gasteiger partial charge in [0.2, 0.25) is 0 Å². The van der Waals surface area contributed by atoms with Gasteiger partial charge in [-0.2, -0.15) is 5.26 Å². The van der Waals surface area contributed by atoms with Crippen LogP contribution in [0, 0.1) is 23.2 Å². The molecule has 0 heterocycles. The Labute approximate surface area is 130 Å². The number of nitrogens with one attached hydrogen (secondary N) is 1. The van der Waals surface area contributed by atoms with Crippen molar-refractivity contribution in [3.05, 3.63) is 0 Å². The van der Waals surface area contributed by atoms with E-state index in [0.29, 0.717) is 12.0 Å². The fraction of sp³-hybridized carbons (Fsp3) is 0.944. The molecule has 3 rings (SSSR count). The lowest BCUT2D eigenvalue weighted by Gasteiger charge is -2.32. The highest BCUT2D eigenvalue weighted by molar-refractivity contribution is 5.16. The fourth-order valence-corrected chi connectivity index (χ4v) is 4.04. The fourth-order valence-electron chi connectivity index (χ4n) is 4.04. The average Bonchev–Trinajstić information content (AvgIpc) is 3.39. The van der Waals surface area contributed by atoms with Crippen LogP contribution in [-0.2, 0) is 0 Å². The maximum Gasteiger partial charge on any atom is 0.109 e. The Kier molecular flexibility index (Phi) is 4.86. The van der Waals surface area contributed by atoms with Gasteiger partial charge in [-0.3, -0.25) is 5.32 Å². The number of nitrogens with zero attached hydrogens (tertiary/aromatic N) is 2. The molecule has 0 bridgehead atoms. The lowest BCUT2D eigenvalue weighted by atomic mass is 9.85. The van der Waals surface area contributed by atoms with E-state index in [2.05, 4.69) is 23.2 Å². The second-order valence-electron chi connectivity index (χ2n) is 7.62. The van der Waals surface area contributed by atoms with Crippen LogP contribution in [0.2, 0.25) is 0 Å². The molecule has 3 nitrogen and oxygen atoms in total. The van der Waals surface area contributed by atoms with E-state index in [4.69, 9.17) is 0 Å². The molecule has 1 N–H and O–H groups in total. The topological polar surface area (TPSA) is 39.1 Å². The maximum atomic E-state index is 9.76. The summed E-state index contributed by atoms with van der Waals surface area (Å²) in [6.45, 7) is 6.02. The van der Waals surface area contributed by atoms with Gasteiger partial charge in [-0.05, 0) is 76.3 Å². The van der Waals surface area contributed by atoms with Gasteiger partial charge < -0.3 is 4.90 Å². The van der Waals surface area contributed by atoms with Crippen LogP contribution < -0.4 is 5.32 Å². The maximum absolute atomic E-state index is 9.76. The lowest BCUT2D eigenvalue weighted by molar-refractivity contribution is 0.215. The number of hydrogen-bond donors (Lipinski definition) is 1. The van der Waals surface area contributed by atoms with Gasteiger partial charge in [0, 0.05) is 12.6 Å². The monoisotopic (exact) mass is 289 g/mol. The zero-order chi connectivity index (χ0) is 14.7. The molecule has 3 aliphatic carbocycles. The van der Waals surface area contributed by atoms with Gasteiger partial charge in [0.15, 0.2) is 0 Å². The molecule has 0 aromatic carbocycles. The van der Waals surface area contributed by atoms with E-state index in [9.17, 15) is 5.26 Å². The molecule has 3 saturated carbocycles. The Hall–Kier alpha value is -0.590. The second kappa shape index (κ2) is 6.67. The summed E-state index contributed by atoms with van der Waals surface area (Å²) in [4.78, 5) is 2.66. The SMILES string of the molecule is CCCN(CCC1CCCC1(C#N)NC1CC1)CC1CC1. The van der Waals surface area contributed by atoms with Gasteiger partial charge >= 0.3 is 0 Å². The Morgan fingerprint density at radius 2 is 2.00 bits per heavy atom. The molecule has 118 valence electrons. The number of rotatable bonds is 9. The zero-order valence-electron chi connectivity index (χ0n) is 13.6. The Morgan fingerprint density at radius 1 is 1.19 bits per heavy atom. The minimum atomic E-state index is -0.196. The van der Waals surface area contributed by atoms with Crippen molar-refractivity contribution in [3.8, 4) is 6.07 Å². The van der Waals surface area contributed by atoms with Crippen LogP contribution in [0.25, 0.3) is 0 Å². The van der Waals surface area contributed by atoms with Crippen LogP contribution in [0.4, 0.5) is 0 Å². The first-order valence-electron chi connectivity index (χ1n) is 9.17. The highest BCUT2D eigenvalue weighted by Gasteiger charge is 2.45. The summed E-state index contributed by atoms with van der Waals surface area (Å²) in [5.41, 5.74) is -0.196. The van der Waals surface area contributed by atoms with Crippen molar-refractivity contribution in [2.75, 3.05) is 19.6 Å². The molecular formula is C18H31N3. The van der Waals surface area contributed by atoms with Crippen molar-refractivity contribution in [2.45, 2.75) is 76.3 Å². The van der Waals surface area contributed by atoms with Crippen LogP contribution in [-0.4, -0.2) is 36.1 Å². The molecule has 0 saturated heterocycles. The highest BCUT2D eigenvalue weighted by atomic mass is 15.1. The number of nitriles is 1. The van der Waals surface area contributed by atoms with E-state index < -0.39 is 0 Å². The molecule has 0 aliphatic heterocycles. The molecule has 0 radical (unpaired) electrons. The summed E-state index contributed by atoms with van der Waals surface area (Å²) in [5.74, 6) is 1.55. The summed E-state index contributed by atoms with van der Waals surface area (Å²) in [7, 11) is 0. The number of hydrogen-bond acceptors (Lipinski definition) is 3. The van der Waals surface area contributed by atoms with Crippen LogP contribution in [0.3, 0.4) is 0 Å². The Morgan fingerprint density at radius 3 is 2.62 bits per heavy atom. The molecule has 0 spiro atoms. The first kappa shape index (κ1) is 15.3. The molecule has 0 aromatic heterocycles. The summed E-state index contributed by atoms with van der Waals surface area (Å²) >= 11 is 0. The van der Waals surface area contributed by atoms with Gasteiger partial charge in [0.25, 0.3) is 0 Å². The largest absolute Gasteiger partial charge is 0.303 e. The van der Waals surface area contributed by atoms with Gasteiger partial charge in [-0.1, -0.05) is 13.3 Å². The lowest BCUT2D eigenvalue weighted by Crippen LogP contribution is -2.49. The summed E-state index contributed by atoms with van der Waals surface area (Å²) in [5, 5.41) is 13.5. The van der Waals surface area contributed by atoms with Gasteiger partial charge in [0.05, 0.1) is 6.07 Å². The molecule has 2 atom stereocenters. The van der Waals surface area contributed by atoms with E-state index in [-0.39, 0.29) is 5.54 Å². The van der Waals surface area contributed by atoms with E-state index in [1.807, 2.05) is 0 Å².